The molecule has 0 saturated carbocycles. The molecule has 0 amide bonds. The summed E-state index contributed by atoms with van der Waals surface area (Å²) >= 11 is 0. The second-order valence-corrected chi connectivity index (χ2v) is 8.16. The van der Waals surface area contributed by atoms with Gasteiger partial charge in [-0.1, -0.05) is 30.3 Å². The molecule has 0 bridgehead atoms. The van der Waals surface area contributed by atoms with Gasteiger partial charge in [-0.25, -0.2) is 12.8 Å². The third kappa shape index (κ3) is 3.61. The lowest BCUT2D eigenvalue weighted by Gasteiger charge is -2.30. The summed E-state index contributed by atoms with van der Waals surface area (Å²) < 4.78 is 41.4. The Labute approximate surface area is 157 Å². The molecule has 4 rings (SSSR count). The Hall–Kier alpha value is -2.64. The van der Waals surface area contributed by atoms with E-state index in [0.717, 1.165) is 48.7 Å². The fraction of sp³-hybridized carbons (Fsp3) is 0.200. The molecule has 1 aliphatic rings. The first kappa shape index (κ1) is 17.8. The molecule has 0 atom stereocenters. The first-order valence-electron chi connectivity index (χ1n) is 8.80. The molecular formula is C20H20FN3O2S. The van der Waals surface area contributed by atoms with Crippen LogP contribution in [0.1, 0.15) is 0 Å². The van der Waals surface area contributed by atoms with Gasteiger partial charge in [-0.15, -0.1) is 0 Å². The topological polar surface area (TPSA) is 61.4 Å². The van der Waals surface area contributed by atoms with Gasteiger partial charge in [0.2, 0.25) is 0 Å². The van der Waals surface area contributed by atoms with Crippen molar-refractivity contribution in [3.63, 3.8) is 0 Å². The standard InChI is InChI=1S/C20H20FN3O2S/c21-15-4-3-5-16(14-15)27(25,26)23-19-8-9-20(24-12-10-22-11-13-24)18-7-2-1-6-17(18)19/h1-9,14,22-23H,10-13H2. The quantitative estimate of drug-likeness (QED) is 0.724. The zero-order valence-electron chi connectivity index (χ0n) is 14.7. The van der Waals surface area contributed by atoms with Crippen LogP contribution in [-0.4, -0.2) is 34.6 Å². The van der Waals surface area contributed by atoms with Crippen LogP contribution in [0.5, 0.6) is 0 Å². The van der Waals surface area contributed by atoms with Crippen molar-refractivity contribution >= 4 is 32.2 Å². The molecule has 7 heteroatoms. The normalized spacial score (nSPS) is 15.1. The van der Waals surface area contributed by atoms with Crippen molar-refractivity contribution in [1.82, 2.24) is 5.32 Å². The van der Waals surface area contributed by atoms with Gasteiger partial charge in [-0.05, 0) is 30.3 Å². The number of benzene rings is 3. The molecule has 0 spiro atoms. The molecule has 1 saturated heterocycles. The molecule has 0 unspecified atom stereocenters. The minimum atomic E-state index is -3.88. The first-order valence-corrected chi connectivity index (χ1v) is 10.3. The van der Waals surface area contributed by atoms with Crippen LogP contribution in [-0.2, 0) is 10.0 Å². The van der Waals surface area contributed by atoms with E-state index < -0.39 is 15.8 Å². The van der Waals surface area contributed by atoms with Crippen molar-refractivity contribution in [2.75, 3.05) is 35.8 Å². The van der Waals surface area contributed by atoms with Gasteiger partial charge in [-0.3, -0.25) is 4.72 Å². The van der Waals surface area contributed by atoms with Crippen LogP contribution in [0, 0.1) is 5.82 Å². The highest BCUT2D eigenvalue weighted by molar-refractivity contribution is 7.92. The zero-order chi connectivity index (χ0) is 18.9. The highest BCUT2D eigenvalue weighted by atomic mass is 32.2. The van der Waals surface area contributed by atoms with E-state index in [1.807, 2.05) is 30.3 Å². The minimum Gasteiger partial charge on any atom is -0.368 e. The molecule has 5 nitrogen and oxygen atoms in total. The number of halogens is 1. The second-order valence-electron chi connectivity index (χ2n) is 6.48. The molecule has 0 aliphatic carbocycles. The number of sulfonamides is 1. The largest absolute Gasteiger partial charge is 0.368 e. The predicted molar refractivity (Wildman–Crippen MR) is 106 cm³/mol. The SMILES string of the molecule is O=S(=O)(Nc1ccc(N2CCNCC2)c2ccccc12)c1cccc(F)c1. The molecule has 2 N–H and O–H groups in total. The van der Waals surface area contributed by atoms with Gasteiger partial charge < -0.3 is 10.2 Å². The Kier molecular flexibility index (Phi) is 4.72. The lowest BCUT2D eigenvalue weighted by atomic mass is 10.1. The maximum absolute atomic E-state index is 13.4. The van der Waals surface area contributed by atoms with E-state index >= 15 is 0 Å². The highest BCUT2D eigenvalue weighted by Crippen LogP contribution is 2.33. The Morgan fingerprint density at radius 1 is 0.926 bits per heavy atom. The lowest BCUT2D eigenvalue weighted by molar-refractivity contribution is 0.590. The monoisotopic (exact) mass is 385 g/mol. The van der Waals surface area contributed by atoms with Crippen molar-refractivity contribution < 1.29 is 12.8 Å². The molecule has 0 radical (unpaired) electrons. The second kappa shape index (κ2) is 7.17. The maximum atomic E-state index is 13.4. The predicted octanol–water partition coefficient (Wildman–Crippen LogP) is 3.19. The van der Waals surface area contributed by atoms with Crippen molar-refractivity contribution in [2.45, 2.75) is 4.90 Å². The van der Waals surface area contributed by atoms with E-state index in [1.165, 1.54) is 18.2 Å². The maximum Gasteiger partial charge on any atom is 0.262 e. The molecule has 1 fully saturated rings. The van der Waals surface area contributed by atoms with E-state index in [0.29, 0.717) is 5.69 Å². The van der Waals surface area contributed by atoms with Gasteiger partial charge in [0.25, 0.3) is 10.0 Å². The average Bonchev–Trinajstić information content (AvgIpc) is 2.69. The molecule has 3 aromatic carbocycles. The summed E-state index contributed by atoms with van der Waals surface area (Å²) in [5.74, 6) is -0.586. The number of piperazine rings is 1. The number of hydrogen-bond donors (Lipinski definition) is 2. The van der Waals surface area contributed by atoms with Crippen LogP contribution in [0.3, 0.4) is 0 Å². The molecule has 0 aromatic heterocycles. The van der Waals surface area contributed by atoms with Crippen molar-refractivity contribution in [1.29, 1.82) is 0 Å². The van der Waals surface area contributed by atoms with Crippen LogP contribution >= 0.6 is 0 Å². The minimum absolute atomic E-state index is 0.0993. The van der Waals surface area contributed by atoms with Crippen molar-refractivity contribution in [2.24, 2.45) is 0 Å². The molecule has 3 aromatic rings. The van der Waals surface area contributed by atoms with E-state index in [1.54, 1.807) is 6.07 Å². The van der Waals surface area contributed by atoms with Gasteiger partial charge in [0.05, 0.1) is 10.6 Å². The number of hydrogen-bond acceptors (Lipinski definition) is 4. The zero-order valence-corrected chi connectivity index (χ0v) is 15.5. The van der Waals surface area contributed by atoms with Gasteiger partial charge in [0, 0.05) is 42.6 Å². The molecule has 140 valence electrons. The fourth-order valence-electron chi connectivity index (χ4n) is 3.39. The van der Waals surface area contributed by atoms with Crippen LogP contribution in [0.15, 0.2) is 65.6 Å². The third-order valence-electron chi connectivity index (χ3n) is 4.71. The first-order chi connectivity index (χ1) is 13.0. The summed E-state index contributed by atoms with van der Waals surface area (Å²) in [4.78, 5) is 2.20. The lowest BCUT2D eigenvalue weighted by Crippen LogP contribution is -2.43. The Bertz CT molecular complexity index is 1080. The van der Waals surface area contributed by atoms with Gasteiger partial charge in [-0.2, -0.15) is 0 Å². The molecular weight excluding hydrogens is 365 g/mol. The molecule has 1 heterocycles. The smallest absolute Gasteiger partial charge is 0.262 e. The van der Waals surface area contributed by atoms with E-state index in [9.17, 15) is 12.8 Å². The molecule has 1 aliphatic heterocycles. The summed E-state index contributed by atoms with van der Waals surface area (Å²) in [5.41, 5.74) is 1.56. The molecule has 27 heavy (non-hydrogen) atoms. The summed E-state index contributed by atoms with van der Waals surface area (Å²) in [5, 5.41) is 5.13. The van der Waals surface area contributed by atoms with E-state index in [-0.39, 0.29) is 4.90 Å². The number of fused-ring (bicyclic) bond motifs is 1. The fourth-order valence-corrected chi connectivity index (χ4v) is 4.50. The summed E-state index contributed by atoms with van der Waals surface area (Å²) in [6, 6.07) is 16.4. The summed E-state index contributed by atoms with van der Waals surface area (Å²) in [6.45, 7) is 3.64. The number of anilines is 2. The van der Waals surface area contributed by atoms with Gasteiger partial charge in [0.15, 0.2) is 0 Å². The van der Waals surface area contributed by atoms with Crippen LogP contribution < -0.4 is 14.9 Å². The third-order valence-corrected chi connectivity index (χ3v) is 6.07. The average molecular weight is 385 g/mol. The highest BCUT2D eigenvalue weighted by Gasteiger charge is 2.19. The van der Waals surface area contributed by atoms with Crippen LogP contribution in [0.2, 0.25) is 0 Å². The number of nitrogens with zero attached hydrogens (tertiary/aromatic N) is 1. The van der Waals surface area contributed by atoms with Crippen molar-refractivity contribution in [3.8, 4) is 0 Å². The Morgan fingerprint density at radius 3 is 2.41 bits per heavy atom. The Morgan fingerprint density at radius 2 is 1.67 bits per heavy atom. The van der Waals surface area contributed by atoms with Gasteiger partial charge >= 0.3 is 0 Å². The van der Waals surface area contributed by atoms with Crippen LogP contribution in [0.25, 0.3) is 10.8 Å². The summed E-state index contributed by atoms with van der Waals surface area (Å²) in [7, 11) is -3.88. The van der Waals surface area contributed by atoms with E-state index in [2.05, 4.69) is 14.9 Å². The van der Waals surface area contributed by atoms with Crippen molar-refractivity contribution in [3.05, 3.63) is 66.5 Å². The Balaban J connectivity index is 1.75. The summed E-state index contributed by atoms with van der Waals surface area (Å²) in [6.07, 6.45) is 0. The number of rotatable bonds is 4. The van der Waals surface area contributed by atoms with E-state index in [4.69, 9.17) is 0 Å². The van der Waals surface area contributed by atoms with Gasteiger partial charge in [0.1, 0.15) is 5.82 Å². The number of nitrogens with one attached hydrogen (secondary N) is 2. The van der Waals surface area contributed by atoms with Crippen LogP contribution in [0.4, 0.5) is 15.8 Å².